The van der Waals surface area contributed by atoms with Gasteiger partial charge in [-0.05, 0) is 35.3 Å². The summed E-state index contributed by atoms with van der Waals surface area (Å²) in [5.41, 5.74) is 1.55. The molecule has 0 saturated heterocycles. The lowest BCUT2D eigenvalue weighted by Crippen LogP contribution is -1.95. The van der Waals surface area contributed by atoms with Crippen molar-refractivity contribution in [3.63, 3.8) is 0 Å². The van der Waals surface area contributed by atoms with Crippen molar-refractivity contribution in [3.8, 4) is 11.5 Å². The maximum atomic E-state index is 10.8. The van der Waals surface area contributed by atoms with Crippen molar-refractivity contribution in [3.05, 3.63) is 29.3 Å². The van der Waals surface area contributed by atoms with Crippen molar-refractivity contribution in [2.75, 3.05) is 7.11 Å². The number of hydrogen-bond donors (Lipinski definition) is 1. The zero-order chi connectivity index (χ0) is 12.1. The van der Waals surface area contributed by atoms with E-state index < -0.39 is 0 Å². The van der Waals surface area contributed by atoms with Gasteiger partial charge in [0.2, 0.25) is 0 Å². The van der Waals surface area contributed by atoms with Crippen molar-refractivity contribution in [2.45, 2.75) is 13.8 Å². The summed E-state index contributed by atoms with van der Waals surface area (Å²) in [5, 5.41) is 9.42. The topological polar surface area (TPSA) is 46.5 Å². The molecule has 0 amide bonds. The number of aldehydes is 1. The van der Waals surface area contributed by atoms with Crippen LogP contribution in [0, 0.1) is 5.92 Å². The standard InChI is InChI=1S/C13H16O3/c1-9(2)11(8-14)6-10-4-5-12(15)13(7-10)16-3/h4-9,15H,1-3H3/b11-6-. The number of benzene rings is 1. The molecule has 3 nitrogen and oxygen atoms in total. The van der Waals surface area contributed by atoms with E-state index >= 15 is 0 Å². The lowest BCUT2D eigenvalue weighted by atomic mass is 10.0. The van der Waals surface area contributed by atoms with Crippen LogP contribution in [0.15, 0.2) is 23.8 Å². The summed E-state index contributed by atoms with van der Waals surface area (Å²) in [6, 6.07) is 4.98. The second-order valence-electron chi connectivity index (χ2n) is 3.85. The molecule has 0 radical (unpaired) electrons. The normalized spacial score (nSPS) is 11.6. The molecular weight excluding hydrogens is 204 g/mol. The Morgan fingerprint density at radius 2 is 2.12 bits per heavy atom. The highest BCUT2D eigenvalue weighted by Crippen LogP contribution is 2.27. The van der Waals surface area contributed by atoms with Gasteiger partial charge in [0.05, 0.1) is 7.11 Å². The van der Waals surface area contributed by atoms with E-state index in [0.29, 0.717) is 11.3 Å². The molecule has 0 aliphatic rings. The van der Waals surface area contributed by atoms with Crippen molar-refractivity contribution in [1.82, 2.24) is 0 Å². The van der Waals surface area contributed by atoms with E-state index in [0.717, 1.165) is 11.8 Å². The zero-order valence-corrected chi connectivity index (χ0v) is 9.73. The minimum atomic E-state index is 0.0943. The smallest absolute Gasteiger partial charge is 0.161 e. The summed E-state index contributed by atoms with van der Waals surface area (Å²) in [6.45, 7) is 3.91. The number of rotatable bonds is 4. The van der Waals surface area contributed by atoms with Crippen molar-refractivity contribution >= 4 is 12.4 Å². The van der Waals surface area contributed by atoms with Crippen LogP contribution in [0.2, 0.25) is 0 Å². The first-order chi connectivity index (χ1) is 7.58. The van der Waals surface area contributed by atoms with E-state index in [1.54, 1.807) is 24.3 Å². The van der Waals surface area contributed by atoms with Crippen LogP contribution < -0.4 is 4.74 Å². The van der Waals surface area contributed by atoms with E-state index in [1.165, 1.54) is 7.11 Å². The molecule has 1 aromatic carbocycles. The maximum absolute atomic E-state index is 10.8. The third-order valence-corrected chi connectivity index (χ3v) is 2.34. The second kappa shape index (κ2) is 5.35. The lowest BCUT2D eigenvalue weighted by Gasteiger charge is -2.06. The molecule has 86 valence electrons. The first-order valence-corrected chi connectivity index (χ1v) is 5.12. The Balaban J connectivity index is 3.09. The molecule has 1 rings (SSSR count). The van der Waals surface area contributed by atoms with E-state index in [2.05, 4.69) is 0 Å². The number of phenols is 1. The Bertz CT molecular complexity index is 406. The Morgan fingerprint density at radius 3 is 2.62 bits per heavy atom. The minimum absolute atomic E-state index is 0.0943. The highest BCUT2D eigenvalue weighted by Gasteiger charge is 2.04. The summed E-state index contributed by atoms with van der Waals surface area (Å²) in [7, 11) is 1.49. The highest BCUT2D eigenvalue weighted by molar-refractivity contribution is 5.82. The van der Waals surface area contributed by atoms with E-state index in [1.807, 2.05) is 13.8 Å². The average molecular weight is 220 g/mol. The summed E-state index contributed by atoms with van der Waals surface area (Å²) >= 11 is 0. The van der Waals surface area contributed by atoms with E-state index in [9.17, 15) is 9.90 Å². The monoisotopic (exact) mass is 220 g/mol. The van der Waals surface area contributed by atoms with Gasteiger partial charge in [-0.15, -0.1) is 0 Å². The molecule has 0 unspecified atom stereocenters. The van der Waals surface area contributed by atoms with Gasteiger partial charge in [-0.2, -0.15) is 0 Å². The van der Waals surface area contributed by atoms with Crippen LogP contribution >= 0.6 is 0 Å². The van der Waals surface area contributed by atoms with Crippen LogP contribution in [-0.4, -0.2) is 18.5 Å². The van der Waals surface area contributed by atoms with Gasteiger partial charge >= 0.3 is 0 Å². The summed E-state index contributed by atoms with van der Waals surface area (Å²) in [5.74, 6) is 0.678. The van der Waals surface area contributed by atoms with Gasteiger partial charge in [-0.3, -0.25) is 4.79 Å². The molecule has 1 aromatic rings. The second-order valence-corrected chi connectivity index (χ2v) is 3.85. The Morgan fingerprint density at radius 1 is 1.44 bits per heavy atom. The molecular formula is C13H16O3. The fourth-order valence-corrected chi connectivity index (χ4v) is 1.31. The van der Waals surface area contributed by atoms with E-state index in [4.69, 9.17) is 4.74 Å². The molecule has 0 aliphatic heterocycles. The summed E-state index contributed by atoms with van der Waals surface area (Å²) in [6.07, 6.45) is 2.64. The Labute approximate surface area is 95.4 Å². The number of methoxy groups -OCH3 is 1. The van der Waals surface area contributed by atoms with Gasteiger partial charge in [0.15, 0.2) is 11.5 Å². The van der Waals surface area contributed by atoms with Crippen LogP contribution in [0.5, 0.6) is 11.5 Å². The van der Waals surface area contributed by atoms with Crippen LogP contribution in [0.25, 0.3) is 6.08 Å². The number of ether oxygens (including phenoxy) is 1. The van der Waals surface area contributed by atoms with Crippen LogP contribution in [0.4, 0.5) is 0 Å². The van der Waals surface area contributed by atoms with Crippen LogP contribution in [0.3, 0.4) is 0 Å². The molecule has 3 heteroatoms. The van der Waals surface area contributed by atoms with Crippen LogP contribution in [-0.2, 0) is 4.79 Å². The van der Waals surface area contributed by atoms with Gasteiger partial charge in [0.1, 0.15) is 6.29 Å². The summed E-state index contributed by atoms with van der Waals surface area (Å²) in [4.78, 5) is 10.8. The van der Waals surface area contributed by atoms with Crippen molar-refractivity contribution in [2.24, 2.45) is 5.92 Å². The Kier molecular flexibility index (Phi) is 4.11. The highest BCUT2D eigenvalue weighted by atomic mass is 16.5. The molecule has 0 heterocycles. The minimum Gasteiger partial charge on any atom is -0.504 e. The van der Waals surface area contributed by atoms with Crippen LogP contribution in [0.1, 0.15) is 19.4 Å². The largest absolute Gasteiger partial charge is 0.504 e. The molecule has 0 fully saturated rings. The van der Waals surface area contributed by atoms with Gasteiger partial charge < -0.3 is 9.84 Å². The third kappa shape index (κ3) is 2.86. The number of carbonyl (C=O) groups excluding carboxylic acids is 1. The van der Waals surface area contributed by atoms with Gasteiger partial charge in [0.25, 0.3) is 0 Å². The first kappa shape index (κ1) is 12.3. The van der Waals surface area contributed by atoms with Crippen molar-refractivity contribution in [1.29, 1.82) is 0 Å². The molecule has 0 bridgehead atoms. The van der Waals surface area contributed by atoms with Gasteiger partial charge in [0, 0.05) is 0 Å². The van der Waals surface area contributed by atoms with Gasteiger partial charge in [-0.1, -0.05) is 19.9 Å². The Hall–Kier alpha value is -1.77. The fraction of sp³-hybridized carbons (Fsp3) is 0.308. The lowest BCUT2D eigenvalue weighted by molar-refractivity contribution is -0.105. The average Bonchev–Trinajstić information content (AvgIpc) is 2.27. The maximum Gasteiger partial charge on any atom is 0.161 e. The molecule has 16 heavy (non-hydrogen) atoms. The van der Waals surface area contributed by atoms with E-state index in [-0.39, 0.29) is 11.7 Å². The predicted molar refractivity (Wildman–Crippen MR) is 63.5 cm³/mol. The number of hydrogen-bond acceptors (Lipinski definition) is 3. The molecule has 0 aliphatic carbocycles. The third-order valence-electron chi connectivity index (χ3n) is 2.34. The molecule has 1 N–H and O–H groups in total. The molecule has 0 atom stereocenters. The number of aromatic hydroxyl groups is 1. The molecule has 0 spiro atoms. The number of phenolic OH excluding ortho intramolecular Hbond substituents is 1. The van der Waals surface area contributed by atoms with Gasteiger partial charge in [-0.25, -0.2) is 0 Å². The quantitative estimate of drug-likeness (QED) is 0.626. The fourth-order valence-electron chi connectivity index (χ4n) is 1.31. The summed E-state index contributed by atoms with van der Waals surface area (Å²) < 4.78 is 4.99. The first-order valence-electron chi connectivity index (χ1n) is 5.12. The zero-order valence-electron chi connectivity index (χ0n) is 9.73. The number of allylic oxidation sites excluding steroid dienone is 1. The SMILES string of the molecule is COc1cc(/C=C(/C=O)C(C)C)ccc1O. The predicted octanol–water partition coefficient (Wildman–Crippen LogP) is 2.64. The molecule has 0 aromatic heterocycles. The number of carbonyl (C=O) groups is 1. The van der Waals surface area contributed by atoms with Crippen molar-refractivity contribution < 1.29 is 14.6 Å². The molecule has 0 saturated carbocycles.